The summed E-state index contributed by atoms with van der Waals surface area (Å²) in [5.74, 6) is 0.0938. The molecule has 16 heavy (non-hydrogen) atoms. The van der Waals surface area contributed by atoms with Crippen molar-refractivity contribution in [3.05, 3.63) is 53.8 Å². The first-order valence-electron chi connectivity index (χ1n) is 4.85. The number of amides is 1. The van der Waals surface area contributed by atoms with Gasteiger partial charge in [-0.15, -0.1) is 0 Å². The molecule has 0 bridgehead atoms. The van der Waals surface area contributed by atoms with E-state index < -0.39 is 6.09 Å². The Bertz CT molecular complexity index is 462. The minimum absolute atomic E-state index is 0.0938. The summed E-state index contributed by atoms with van der Waals surface area (Å²) in [6.45, 7) is 0.169. The van der Waals surface area contributed by atoms with E-state index in [2.05, 4.69) is 0 Å². The van der Waals surface area contributed by atoms with E-state index in [0.717, 1.165) is 5.56 Å². The zero-order valence-electron chi connectivity index (χ0n) is 8.50. The third-order valence-electron chi connectivity index (χ3n) is 2.36. The number of nitrogens with zero attached hydrogens (tertiary/aromatic N) is 1. The SMILES string of the molecule is O=C(O)N1CC=C(O)C=C1c1ccccc1. The van der Waals surface area contributed by atoms with Crippen LogP contribution in [0.5, 0.6) is 0 Å². The molecule has 0 radical (unpaired) electrons. The Morgan fingerprint density at radius 3 is 2.56 bits per heavy atom. The average Bonchev–Trinajstić information content (AvgIpc) is 2.29. The van der Waals surface area contributed by atoms with Gasteiger partial charge in [-0.3, -0.25) is 4.90 Å². The van der Waals surface area contributed by atoms with Crippen LogP contribution in [-0.2, 0) is 0 Å². The number of allylic oxidation sites excluding steroid dienone is 1. The number of rotatable bonds is 1. The van der Waals surface area contributed by atoms with Crippen molar-refractivity contribution < 1.29 is 15.0 Å². The lowest BCUT2D eigenvalue weighted by Crippen LogP contribution is -2.30. The maximum Gasteiger partial charge on any atom is 0.412 e. The molecular formula is C12H11NO3. The Kier molecular flexibility index (Phi) is 2.64. The molecule has 0 fully saturated rings. The maximum atomic E-state index is 11.0. The van der Waals surface area contributed by atoms with Crippen LogP contribution in [0.15, 0.2) is 48.2 Å². The van der Waals surface area contributed by atoms with Gasteiger partial charge in [-0.25, -0.2) is 4.79 Å². The summed E-state index contributed by atoms with van der Waals surface area (Å²) >= 11 is 0. The van der Waals surface area contributed by atoms with Gasteiger partial charge < -0.3 is 10.2 Å². The van der Waals surface area contributed by atoms with Crippen molar-refractivity contribution in [3.8, 4) is 0 Å². The van der Waals surface area contributed by atoms with Gasteiger partial charge in [0.2, 0.25) is 0 Å². The monoisotopic (exact) mass is 217 g/mol. The molecule has 1 aliphatic rings. The van der Waals surface area contributed by atoms with Crippen molar-refractivity contribution in [2.75, 3.05) is 6.54 Å². The van der Waals surface area contributed by atoms with E-state index in [9.17, 15) is 9.90 Å². The number of hydrogen-bond acceptors (Lipinski definition) is 2. The van der Waals surface area contributed by atoms with Crippen molar-refractivity contribution in [3.63, 3.8) is 0 Å². The fourth-order valence-corrected chi connectivity index (χ4v) is 1.59. The van der Waals surface area contributed by atoms with Crippen LogP contribution in [0, 0.1) is 0 Å². The molecule has 0 atom stereocenters. The van der Waals surface area contributed by atoms with E-state index >= 15 is 0 Å². The highest BCUT2D eigenvalue weighted by atomic mass is 16.4. The van der Waals surface area contributed by atoms with E-state index in [-0.39, 0.29) is 12.3 Å². The molecule has 1 aromatic carbocycles. The molecule has 0 saturated carbocycles. The quantitative estimate of drug-likeness (QED) is 0.759. The summed E-state index contributed by atoms with van der Waals surface area (Å²) in [7, 11) is 0. The Balaban J connectivity index is 2.42. The topological polar surface area (TPSA) is 60.8 Å². The summed E-state index contributed by atoms with van der Waals surface area (Å²) in [6, 6.07) is 9.12. The molecule has 2 N–H and O–H groups in total. The fourth-order valence-electron chi connectivity index (χ4n) is 1.59. The molecule has 0 unspecified atom stereocenters. The Labute approximate surface area is 92.7 Å². The molecule has 4 nitrogen and oxygen atoms in total. The highest BCUT2D eigenvalue weighted by Crippen LogP contribution is 2.23. The molecule has 4 heteroatoms. The summed E-state index contributed by atoms with van der Waals surface area (Å²) < 4.78 is 0. The predicted octanol–water partition coefficient (Wildman–Crippen LogP) is 2.46. The van der Waals surface area contributed by atoms with Crippen LogP contribution in [0.2, 0.25) is 0 Å². The van der Waals surface area contributed by atoms with Crippen molar-refractivity contribution in [1.29, 1.82) is 0 Å². The molecule has 0 aromatic heterocycles. The van der Waals surface area contributed by atoms with Gasteiger partial charge in [0.15, 0.2) is 0 Å². The number of benzene rings is 1. The first-order chi connectivity index (χ1) is 7.68. The number of aliphatic hydroxyl groups is 1. The number of aliphatic hydroxyl groups excluding tert-OH is 1. The molecule has 1 heterocycles. The van der Waals surface area contributed by atoms with Crippen molar-refractivity contribution in [1.82, 2.24) is 4.90 Å². The van der Waals surface area contributed by atoms with Crippen LogP contribution in [-0.4, -0.2) is 27.8 Å². The van der Waals surface area contributed by atoms with Gasteiger partial charge in [0.1, 0.15) is 5.76 Å². The summed E-state index contributed by atoms with van der Waals surface area (Å²) in [6.07, 6.45) is 1.88. The highest BCUT2D eigenvalue weighted by Gasteiger charge is 2.20. The first kappa shape index (κ1) is 10.3. The van der Waals surface area contributed by atoms with Gasteiger partial charge in [-0.2, -0.15) is 0 Å². The van der Waals surface area contributed by atoms with Gasteiger partial charge in [0.25, 0.3) is 0 Å². The fraction of sp³-hybridized carbons (Fsp3) is 0.0833. The lowest BCUT2D eigenvalue weighted by atomic mass is 10.1. The van der Waals surface area contributed by atoms with E-state index in [1.165, 1.54) is 17.1 Å². The van der Waals surface area contributed by atoms with Gasteiger partial charge in [0, 0.05) is 6.08 Å². The summed E-state index contributed by atoms with van der Waals surface area (Å²) in [5, 5.41) is 18.4. The first-order valence-corrected chi connectivity index (χ1v) is 4.85. The lowest BCUT2D eigenvalue weighted by molar-refractivity contribution is 0.169. The van der Waals surface area contributed by atoms with E-state index in [0.29, 0.717) is 5.70 Å². The highest BCUT2D eigenvalue weighted by molar-refractivity contribution is 5.82. The third kappa shape index (κ3) is 1.91. The van der Waals surface area contributed by atoms with Crippen LogP contribution in [0.3, 0.4) is 0 Å². The smallest absolute Gasteiger partial charge is 0.412 e. The molecule has 0 spiro atoms. The van der Waals surface area contributed by atoms with Crippen LogP contribution in [0.4, 0.5) is 4.79 Å². The van der Waals surface area contributed by atoms with Gasteiger partial charge >= 0.3 is 6.09 Å². The molecule has 0 aliphatic carbocycles. The molecule has 2 rings (SSSR count). The van der Waals surface area contributed by atoms with Gasteiger partial charge in [-0.05, 0) is 11.6 Å². The maximum absolute atomic E-state index is 11.0. The van der Waals surface area contributed by atoms with Crippen molar-refractivity contribution in [2.45, 2.75) is 0 Å². The Morgan fingerprint density at radius 2 is 1.94 bits per heavy atom. The zero-order chi connectivity index (χ0) is 11.5. The molecular weight excluding hydrogens is 206 g/mol. The van der Waals surface area contributed by atoms with Gasteiger partial charge in [0.05, 0.1) is 12.2 Å². The number of hydrogen-bond donors (Lipinski definition) is 2. The summed E-state index contributed by atoms with van der Waals surface area (Å²) in [5.41, 5.74) is 1.26. The minimum atomic E-state index is -1.03. The molecule has 1 aliphatic heterocycles. The molecule has 1 amide bonds. The average molecular weight is 217 g/mol. The zero-order valence-corrected chi connectivity index (χ0v) is 8.50. The number of carboxylic acid groups (broad SMARTS) is 1. The lowest BCUT2D eigenvalue weighted by Gasteiger charge is -2.24. The largest absolute Gasteiger partial charge is 0.508 e. The molecule has 82 valence electrons. The van der Waals surface area contributed by atoms with E-state index in [1.54, 1.807) is 12.1 Å². The van der Waals surface area contributed by atoms with E-state index in [1.807, 2.05) is 18.2 Å². The van der Waals surface area contributed by atoms with Crippen LogP contribution < -0.4 is 0 Å². The van der Waals surface area contributed by atoms with Crippen molar-refractivity contribution >= 4 is 11.8 Å². The predicted molar refractivity (Wildman–Crippen MR) is 59.9 cm³/mol. The second-order valence-corrected chi connectivity index (χ2v) is 3.42. The Morgan fingerprint density at radius 1 is 1.25 bits per heavy atom. The second-order valence-electron chi connectivity index (χ2n) is 3.42. The second kappa shape index (κ2) is 4.10. The normalized spacial score (nSPS) is 15.4. The van der Waals surface area contributed by atoms with Crippen LogP contribution >= 0.6 is 0 Å². The standard InChI is InChI=1S/C12H11NO3/c14-10-6-7-13(12(15)16)11(8-10)9-4-2-1-3-5-9/h1-6,8,14H,7H2,(H,15,16). The molecule has 1 aromatic rings. The third-order valence-corrected chi connectivity index (χ3v) is 2.36. The minimum Gasteiger partial charge on any atom is -0.508 e. The van der Waals surface area contributed by atoms with Crippen molar-refractivity contribution in [2.24, 2.45) is 0 Å². The Hall–Kier alpha value is -2.23. The van der Waals surface area contributed by atoms with Gasteiger partial charge in [-0.1, -0.05) is 30.3 Å². The molecule has 0 saturated heterocycles. The number of carbonyl (C=O) groups is 1. The van der Waals surface area contributed by atoms with Crippen LogP contribution in [0.1, 0.15) is 5.56 Å². The summed E-state index contributed by atoms with van der Waals surface area (Å²) in [4.78, 5) is 12.2. The van der Waals surface area contributed by atoms with E-state index in [4.69, 9.17) is 5.11 Å². The van der Waals surface area contributed by atoms with Crippen LogP contribution in [0.25, 0.3) is 5.70 Å².